The predicted molar refractivity (Wildman–Crippen MR) is 120 cm³/mol. The minimum absolute atomic E-state index is 0.288. The molecular weight excluding hydrogens is 388 g/mol. The molecule has 6 heteroatoms. The average Bonchev–Trinajstić information content (AvgIpc) is 3.20. The van der Waals surface area contributed by atoms with E-state index in [0.717, 1.165) is 56.9 Å². The van der Waals surface area contributed by atoms with Crippen molar-refractivity contribution in [2.24, 2.45) is 11.8 Å². The number of ether oxygens (including phenoxy) is 1. The topological polar surface area (TPSA) is 50.6 Å². The largest absolute Gasteiger partial charge is 0.497 e. The number of nitrogens with zero attached hydrogens (tertiary/aromatic N) is 4. The number of hydrogen-bond acceptors (Lipinski definition) is 4. The van der Waals surface area contributed by atoms with Crippen LogP contribution in [0, 0.1) is 18.8 Å². The second-order valence-electron chi connectivity index (χ2n) is 9.62. The lowest BCUT2D eigenvalue weighted by molar-refractivity contribution is -0.152. The summed E-state index contributed by atoms with van der Waals surface area (Å²) >= 11 is 0. The Hall–Kier alpha value is -2.34. The number of fused-ring (bicyclic) bond motifs is 4. The van der Waals surface area contributed by atoms with Gasteiger partial charge in [-0.25, -0.2) is 0 Å². The van der Waals surface area contributed by atoms with Gasteiger partial charge in [0.2, 0.25) is 5.91 Å². The SMILES string of the molecule is COc1cccc(C[C@H]2[C@H]3C[C@H](CN(CCn4ccc(C)n4)C3)[C@@H]3CCCC(=O)N32)c1. The van der Waals surface area contributed by atoms with E-state index in [0.29, 0.717) is 30.2 Å². The molecule has 3 aliphatic heterocycles. The predicted octanol–water partition coefficient (Wildman–Crippen LogP) is 3.14. The smallest absolute Gasteiger partial charge is 0.223 e. The molecule has 5 rings (SSSR count). The minimum Gasteiger partial charge on any atom is -0.497 e. The number of hydrogen-bond donors (Lipinski definition) is 0. The highest BCUT2D eigenvalue weighted by Gasteiger charge is 2.49. The van der Waals surface area contributed by atoms with Gasteiger partial charge in [-0.2, -0.15) is 5.10 Å². The van der Waals surface area contributed by atoms with E-state index in [9.17, 15) is 4.79 Å². The summed E-state index contributed by atoms with van der Waals surface area (Å²) in [6, 6.07) is 11.1. The van der Waals surface area contributed by atoms with Gasteiger partial charge in [0.15, 0.2) is 0 Å². The van der Waals surface area contributed by atoms with Crippen molar-refractivity contribution in [2.75, 3.05) is 26.7 Å². The number of benzene rings is 1. The Morgan fingerprint density at radius 2 is 2.03 bits per heavy atom. The van der Waals surface area contributed by atoms with E-state index in [1.807, 2.05) is 13.0 Å². The summed E-state index contributed by atoms with van der Waals surface area (Å²) in [6.07, 6.45) is 7.16. The Balaban J connectivity index is 1.35. The van der Waals surface area contributed by atoms with Crippen molar-refractivity contribution in [2.45, 2.75) is 57.7 Å². The molecule has 0 aliphatic carbocycles. The molecule has 31 heavy (non-hydrogen) atoms. The number of piperidine rings is 3. The summed E-state index contributed by atoms with van der Waals surface area (Å²) in [4.78, 5) is 18.0. The molecule has 0 radical (unpaired) electrons. The van der Waals surface area contributed by atoms with E-state index < -0.39 is 0 Å². The van der Waals surface area contributed by atoms with Gasteiger partial charge < -0.3 is 14.5 Å². The molecule has 0 spiro atoms. The fourth-order valence-electron chi connectivity index (χ4n) is 6.19. The van der Waals surface area contributed by atoms with Crippen LogP contribution in [0.4, 0.5) is 0 Å². The van der Waals surface area contributed by atoms with Gasteiger partial charge in [-0.3, -0.25) is 9.48 Å². The first kappa shape index (κ1) is 20.6. The van der Waals surface area contributed by atoms with Gasteiger partial charge in [0.1, 0.15) is 5.75 Å². The maximum atomic E-state index is 13.1. The summed E-state index contributed by atoms with van der Waals surface area (Å²) in [7, 11) is 1.72. The second-order valence-corrected chi connectivity index (χ2v) is 9.62. The molecule has 3 fully saturated rings. The van der Waals surface area contributed by atoms with Crippen LogP contribution in [-0.2, 0) is 17.8 Å². The van der Waals surface area contributed by atoms with E-state index in [1.165, 1.54) is 12.0 Å². The standard InChI is InChI=1S/C25H34N4O2/c1-18-9-10-28(26-18)12-11-27-16-20-15-21(17-27)24(29-23(20)7-4-8-25(29)30)14-19-5-3-6-22(13-19)31-2/h3,5-6,9-10,13,20-21,23-24H,4,7-8,11-12,14-17H2,1-2H3/t20-,21+,23+,24+/m1/s1. The van der Waals surface area contributed by atoms with Gasteiger partial charge in [0.25, 0.3) is 0 Å². The monoisotopic (exact) mass is 422 g/mol. The van der Waals surface area contributed by atoms with Crippen molar-refractivity contribution in [1.29, 1.82) is 0 Å². The van der Waals surface area contributed by atoms with Crippen molar-refractivity contribution in [1.82, 2.24) is 19.6 Å². The van der Waals surface area contributed by atoms with Crippen LogP contribution in [0.25, 0.3) is 0 Å². The zero-order valence-corrected chi connectivity index (χ0v) is 18.7. The van der Waals surface area contributed by atoms with Gasteiger partial charge in [-0.15, -0.1) is 0 Å². The fourth-order valence-corrected chi connectivity index (χ4v) is 6.19. The first-order chi connectivity index (χ1) is 15.1. The van der Waals surface area contributed by atoms with Gasteiger partial charge in [-0.1, -0.05) is 12.1 Å². The van der Waals surface area contributed by atoms with Crippen LogP contribution in [0.3, 0.4) is 0 Å². The molecule has 0 N–H and O–H groups in total. The molecule has 1 aromatic carbocycles. The Morgan fingerprint density at radius 3 is 2.84 bits per heavy atom. The molecule has 0 saturated carbocycles. The lowest BCUT2D eigenvalue weighted by Gasteiger charge is -2.57. The first-order valence-electron chi connectivity index (χ1n) is 11.8. The van der Waals surface area contributed by atoms with Crippen LogP contribution in [0.2, 0.25) is 0 Å². The van der Waals surface area contributed by atoms with Crippen LogP contribution >= 0.6 is 0 Å². The van der Waals surface area contributed by atoms with Crippen molar-refractivity contribution in [3.63, 3.8) is 0 Å². The lowest BCUT2D eigenvalue weighted by atomic mass is 9.71. The number of rotatable bonds is 6. The van der Waals surface area contributed by atoms with Gasteiger partial charge in [-0.05, 0) is 68.2 Å². The molecule has 4 heterocycles. The van der Waals surface area contributed by atoms with Crippen molar-refractivity contribution in [3.8, 4) is 5.75 Å². The Bertz CT molecular complexity index is 926. The van der Waals surface area contributed by atoms with E-state index >= 15 is 0 Å². The van der Waals surface area contributed by atoms with E-state index in [-0.39, 0.29) is 6.04 Å². The molecular formula is C25H34N4O2. The molecule has 1 aromatic heterocycles. The quantitative estimate of drug-likeness (QED) is 0.718. The Labute approximate surface area is 185 Å². The van der Waals surface area contributed by atoms with E-state index in [1.54, 1.807) is 7.11 Å². The first-order valence-corrected chi connectivity index (χ1v) is 11.8. The maximum absolute atomic E-state index is 13.1. The Kier molecular flexibility index (Phi) is 5.74. The van der Waals surface area contributed by atoms with Gasteiger partial charge in [0.05, 0.1) is 19.3 Å². The van der Waals surface area contributed by atoms with Crippen LogP contribution < -0.4 is 4.74 Å². The Morgan fingerprint density at radius 1 is 1.16 bits per heavy atom. The maximum Gasteiger partial charge on any atom is 0.223 e. The third-order valence-corrected chi connectivity index (χ3v) is 7.57. The number of aromatic nitrogens is 2. The number of carbonyl (C=O) groups is 1. The molecule has 1 amide bonds. The number of amides is 1. The minimum atomic E-state index is 0.288. The molecule has 3 saturated heterocycles. The van der Waals surface area contributed by atoms with Crippen LogP contribution in [-0.4, -0.2) is 64.3 Å². The van der Waals surface area contributed by atoms with E-state index in [2.05, 4.69) is 50.0 Å². The number of likely N-dealkylation sites (tertiary alicyclic amines) is 1. The van der Waals surface area contributed by atoms with Gasteiger partial charge in [0, 0.05) is 44.3 Å². The summed E-state index contributed by atoms with van der Waals surface area (Å²) < 4.78 is 7.51. The van der Waals surface area contributed by atoms with Crippen LogP contribution in [0.15, 0.2) is 36.5 Å². The highest BCUT2D eigenvalue weighted by atomic mass is 16.5. The third-order valence-electron chi connectivity index (χ3n) is 7.57. The highest BCUT2D eigenvalue weighted by Crippen LogP contribution is 2.42. The molecule has 0 unspecified atom stereocenters. The summed E-state index contributed by atoms with van der Waals surface area (Å²) in [5, 5.41) is 4.56. The van der Waals surface area contributed by atoms with Gasteiger partial charge >= 0.3 is 0 Å². The summed E-state index contributed by atoms with van der Waals surface area (Å²) in [6.45, 7) is 6.18. The normalized spacial score (nSPS) is 28.5. The molecule has 6 nitrogen and oxygen atoms in total. The number of carbonyl (C=O) groups excluding carboxylic acids is 1. The second kappa shape index (κ2) is 8.65. The number of methoxy groups -OCH3 is 1. The van der Waals surface area contributed by atoms with Crippen molar-refractivity contribution in [3.05, 3.63) is 47.8 Å². The molecule has 3 aliphatic rings. The lowest BCUT2D eigenvalue weighted by Crippen LogP contribution is -2.65. The van der Waals surface area contributed by atoms with Crippen molar-refractivity contribution < 1.29 is 9.53 Å². The molecule has 2 aromatic rings. The van der Waals surface area contributed by atoms with Crippen LogP contribution in [0.1, 0.15) is 36.9 Å². The molecule has 4 atom stereocenters. The van der Waals surface area contributed by atoms with E-state index in [4.69, 9.17) is 4.74 Å². The average molecular weight is 423 g/mol. The fraction of sp³-hybridized carbons (Fsp3) is 0.600. The van der Waals surface area contributed by atoms with Crippen molar-refractivity contribution >= 4 is 5.91 Å². The molecule has 2 bridgehead atoms. The zero-order valence-electron chi connectivity index (χ0n) is 18.7. The number of aryl methyl sites for hydroxylation is 1. The third kappa shape index (κ3) is 4.22. The molecule has 166 valence electrons. The summed E-state index contributed by atoms with van der Waals surface area (Å²) in [5.41, 5.74) is 2.34. The van der Waals surface area contributed by atoms with Crippen LogP contribution in [0.5, 0.6) is 5.75 Å². The highest BCUT2D eigenvalue weighted by molar-refractivity contribution is 5.78. The zero-order chi connectivity index (χ0) is 21.4. The summed E-state index contributed by atoms with van der Waals surface area (Å²) in [5.74, 6) is 2.40.